The van der Waals surface area contributed by atoms with Crippen molar-refractivity contribution in [3.05, 3.63) is 94.1 Å². The van der Waals surface area contributed by atoms with Crippen LogP contribution in [0.1, 0.15) is 48.7 Å². The van der Waals surface area contributed by atoms with E-state index in [1.54, 1.807) is 57.3 Å². The number of aromatic nitrogens is 1. The number of nitrogens with zero attached hydrogens (tertiary/aromatic N) is 1. The Morgan fingerprint density at radius 2 is 1.60 bits per heavy atom. The highest BCUT2D eigenvalue weighted by atomic mass is 16.6. The normalized spacial score (nSPS) is 17.0. The number of benzene rings is 4. The number of hydrogen-bond donors (Lipinski definition) is 1. The first-order valence-electron chi connectivity index (χ1n) is 14.4. The first-order chi connectivity index (χ1) is 21.5. The number of carboxylic acids is 1. The molecule has 1 N–H and O–H groups in total. The number of carboxylic acid groups (broad SMARTS) is 1. The largest absolute Gasteiger partial charge is 0.496 e. The molecule has 0 spiro atoms. The molecule has 0 fully saturated rings. The number of esters is 2. The molecule has 1 aromatic heterocycles. The molecule has 10 nitrogen and oxygen atoms in total. The van der Waals surface area contributed by atoms with Gasteiger partial charge in [-0.3, -0.25) is 14.4 Å². The van der Waals surface area contributed by atoms with E-state index < -0.39 is 48.6 Å². The van der Waals surface area contributed by atoms with E-state index in [9.17, 15) is 19.2 Å². The van der Waals surface area contributed by atoms with Crippen LogP contribution in [0.4, 0.5) is 0 Å². The average molecular weight is 610 g/mol. The van der Waals surface area contributed by atoms with E-state index >= 15 is 0 Å². The predicted molar refractivity (Wildman–Crippen MR) is 167 cm³/mol. The summed E-state index contributed by atoms with van der Waals surface area (Å²) in [6.07, 6.45) is -3.29. The van der Waals surface area contributed by atoms with Crippen molar-refractivity contribution in [1.82, 2.24) is 4.57 Å². The van der Waals surface area contributed by atoms with Crippen molar-refractivity contribution in [1.29, 1.82) is 0 Å². The lowest BCUT2D eigenvalue weighted by atomic mass is 9.86. The van der Waals surface area contributed by atoms with Crippen LogP contribution >= 0.6 is 0 Å². The molecule has 0 bridgehead atoms. The third-order valence-electron chi connectivity index (χ3n) is 8.18. The summed E-state index contributed by atoms with van der Waals surface area (Å²) in [6, 6.07) is 21.4. The van der Waals surface area contributed by atoms with Gasteiger partial charge in [-0.1, -0.05) is 42.5 Å². The highest BCUT2D eigenvalue weighted by Gasteiger charge is 2.50. The number of carbonyl (C=O) groups is 3. The molecule has 0 radical (unpaired) electrons. The fraction of sp³-hybridized carbons (Fsp3) is 0.257. The molecule has 45 heavy (non-hydrogen) atoms. The van der Waals surface area contributed by atoms with Crippen LogP contribution in [0.2, 0.25) is 0 Å². The minimum Gasteiger partial charge on any atom is -0.496 e. The van der Waals surface area contributed by atoms with Gasteiger partial charge >= 0.3 is 17.9 Å². The quantitative estimate of drug-likeness (QED) is 0.182. The molecule has 2 atom stereocenters. The smallest absolute Gasteiger partial charge is 0.338 e. The third-order valence-corrected chi connectivity index (χ3v) is 8.18. The second-order valence-corrected chi connectivity index (χ2v) is 11.5. The van der Waals surface area contributed by atoms with Crippen molar-refractivity contribution in [3.63, 3.8) is 0 Å². The second-order valence-electron chi connectivity index (χ2n) is 11.5. The summed E-state index contributed by atoms with van der Waals surface area (Å²) in [5, 5.41) is 11.6. The van der Waals surface area contributed by atoms with Gasteiger partial charge < -0.3 is 28.6 Å². The van der Waals surface area contributed by atoms with E-state index in [0.717, 1.165) is 10.8 Å². The number of pyridine rings is 1. The molecule has 1 aliphatic heterocycles. The van der Waals surface area contributed by atoms with Gasteiger partial charge in [-0.25, -0.2) is 4.79 Å². The summed E-state index contributed by atoms with van der Waals surface area (Å²) in [5.74, 6) is -2.09. The topological polar surface area (TPSA) is 130 Å². The molecular weight excluding hydrogens is 578 g/mol. The fourth-order valence-corrected chi connectivity index (χ4v) is 6.02. The van der Waals surface area contributed by atoms with E-state index in [1.807, 2.05) is 41.0 Å². The molecule has 0 saturated heterocycles. The molecule has 5 aromatic rings. The van der Waals surface area contributed by atoms with Gasteiger partial charge in [0.15, 0.2) is 12.2 Å². The summed E-state index contributed by atoms with van der Waals surface area (Å²) in [6.45, 7) is 3.35. The lowest BCUT2D eigenvalue weighted by molar-refractivity contribution is -0.178. The van der Waals surface area contributed by atoms with Crippen LogP contribution in [0.15, 0.2) is 77.6 Å². The molecule has 4 aromatic carbocycles. The Morgan fingerprint density at radius 3 is 2.27 bits per heavy atom. The van der Waals surface area contributed by atoms with Crippen LogP contribution in [-0.2, 0) is 26.1 Å². The Balaban J connectivity index is 1.64. The van der Waals surface area contributed by atoms with Crippen LogP contribution in [0.5, 0.6) is 11.5 Å². The van der Waals surface area contributed by atoms with Crippen LogP contribution in [0.3, 0.4) is 0 Å². The second kappa shape index (κ2) is 11.3. The van der Waals surface area contributed by atoms with E-state index in [2.05, 4.69) is 0 Å². The fourth-order valence-electron chi connectivity index (χ4n) is 6.02. The Labute approximate surface area is 257 Å². The van der Waals surface area contributed by atoms with Gasteiger partial charge in [-0.15, -0.1) is 0 Å². The molecule has 0 aliphatic carbocycles. The minimum atomic E-state index is -1.25. The number of ether oxygens (including phenoxy) is 4. The lowest BCUT2D eigenvalue weighted by Crippen LogP contribution is -2.52. The number of rotatable bonds is 7. The van der Waals surface area contributed by atoms with E-state index in [4.69, 9.17) is 24.1 Å². The van der Waals surface area contributed by atoms with E-state index in [-0.39, 0.29) is 27.9 Å². The molecule has 0 amide bonds. The minimum absolute atomic E-state index is 0.238. The van der Waals surface area contributed by atoms with Crippen molar-refractivity contribution in [2.45, 2.75) is 44.5 Å². The molecule has 230 valence electrons. The maximum atomic E-state index is 14.3. The molecule has 2 heterocycles. The Bertz CT molecular complexity index is 2060. The summed E-state index contributed by atoms with van der Waals surface area (Å²) >= 11 is 0. The van der Waals surface area contributed by atoms with Crippen LogP contribution in [-0.4, -0.2) is 46.4 Å². The SMILES string of the molecule is COc1cc2c(c3c1c(=O)c1cc4ccccc4cc1n3C)[C@H](OC(=O)c1ccccc1)[C@H](OC(=O)CCC(=O)O)C(C)(C)O2. The molecule has 10 heteroatoms. The lowest BCUT2D eigenvalue weighted by Gasteiger charge is -2.44. The number of methoxy groups -OCH3 is 1. The summed E-state index contributed by atoms with van der Waals surface area (Å²) in [4.78, 5) is 51.9. The van der Waals surface area contributed by atoms with E-state index in [0.29, 0.717) is 22.0 Å². The summed E-state index contributed by atoms with van der Waals surface area (Å²) in [7, 11) is 3.25. The van der Waals surface area contributed by atoms with Crippen molar-refractivity contribution in [3.8, 4) is 11.5 Å². The van der Waals surface area contributed by atoms with Crippen LogP contribution < -0.4 is 14.9 Å². The van der Waals surface area contributed by atoms with Crippen molar-refractivity contribution >= 4 is 50.5 Å². The van der Waals surface area contributed by atoms with Gasteiger partial charge in [-0.05, 0) is 48.9 Å². The average Bonchev–Trinajstić information content (AvgIpc) is 3.02. The molecule has 0 unspecified atom stereocenters. The number of fused-ring (bicyclic) bond motifs is 5. The number of aryl methyl sites for hydroxylation is 1. The van der Waals surface area contributed by atoms with Crippen LogP contribution in [0, 0.1) is 0 Å². The highest BCUT2D eigenvalue weighted by Crippen LogP contribution is 2.49. The Kier molecular flexibility index (Phi) is 7.44. The van der Waals surface area contributed by atoms with Gasteiger partial charge in [0.25, 0.3) is 0 Å². The van der Waals surface area contributed by atoms with Gasteiger partial charge in [0.2, 0.25) is 5.43 Å². The van der Waals surface area contributed by atoms with Crippen molar-refractivity contribution in [2.24, 2.45) is 7.05 Å². The maximum absolute atomic E-state index is 14.3. The zero-order valence-corrected chi connectivity index (χ0v) is 25.2. The monoisotopic (exact) mass is 609 g/mol. The van der Waals surface area contributed by atoms with Crippen molar-refractivity contribution < 1.29 is 38.4 Å². The number of carbonyl (C=O) groups excluding carboxylic acids is 2. The van der Waals surface area contributed by atoms with Gasteiger partial charge in [0.05, 0.1) is 47.5 Å². The predicted octanol–water partition coefficient (Wildman–Crippen LogP) is 5.70. The van der Waals surface area contributed by atoms with Gasteiger partial charge in [0, 0.05) is 18.5 Å². The Morgan fingerprint density at radius 1 is 0.933 bits per heavy atom. The third kappa shape index (κ3) is 5.22. The first-order valence-corrected chi connectivity index (χ1v) is 14.4. The standard InChI is InChI=1S/C35H31NO9/c1-35(2)33(43-27(39)15-14-26(37)38)32(44-34(41)19-10-6-5-7-11-19)29-25(45-35)18-24(42-4)28-30(29)36(3)23-17-21-13-9-8-12-20(21)16-22(23)31(28)40/h5-13,16-18,32-33H,14-15H2,1-4H3,(H,37,38)/t32-,33-/m0/s1. The summed E-state index contributed by atoms with van der Waals surface area (Å²) < 4.78 is 26.0. The molecule has 1 aliphatic rings. The molecule has 6 rings (SSSR count). The molecule has 0 saturated carbocycles. The highest BCUT2D eigenvalue weighted by molar-refractivity contribution is 6.04. The van der Waals surface area contributed by atoms with E-state index in [1.165, 1.54) is 7.11 Å². The zero-order chi connectivity index (χ0) is 32.0. The van der Waals surface area contributed by atoms with Crippen molar-refractivity contribution in [2.75, 3.05) is 7.11 Å². The van der Waals surface area contributed by atoms with Gasteiger partial charge in [0.1, 0.15) is 17.1 Å². The zero-order valence-electron chi connectivity index (χ0n) is 25.2. The summed E-state index contributed by atoms with van der Waals surface area (Å²) in [5.41, 5.74) is 0.0391. The van der Waals surface area contributed by atoms with Crippen LogP contribution in [0.25, 0.3) is 32.6 Å². The Hall–Kier alpha value is -5.38. The van der Waals surface area contributed by atoms with Gasteiger partial charge in [-0.2, -0.15) is 0 Å². The molecular formula is C35H31NO9. The number of aliphatic carboxylic acids is 1. The maximum Gasteiger partial charge on any atom is 0.338 e. The number of hydrogen-bond acceptors (Lipinski definition) is 8. The first kappa shape index (κ1) is 29.7.